The maximum absolute atomic E-state index is 10.9. The quantitative estimate of drug-likeness (QED) is 0.311. The smallest absolute Gasteiger partial charge is 0.258 e. The van der Waals surface area contributed by atoms with Gasteiger partial charge < -0.3 is 35.0 Å². The first kappa shape index (κ1) is 25.8. The van der Waals surface area contributed by atoms with Crippen LogP contribution in [0.15, 0.2) is 10.9 Å². The lowest BCUT2D eigenvalue weighted by molar-refractivity contribution is -0.0451. The van der Waals surface area contributed by atoms with Gasteiger partial charge in [0.25, 0.3) is 5.89 Å². The van der Waals surface area contributed by atoms with Gasteiger partial charge in [0.05, 0.1) is 6.33 Å². The van der Waals surface area contributed by atoms with Crippen molar-refractivity contribution in [2.45, 2.75) is 83.5 Å². The molecule has 4 atom stereocenters. The third kappa shape index (κ3) is 5.40. The summed E-state index contributed by atoms with van der Waals surface area (Å²) in [5.41, 5.74) is 1.05. The fourth-order valence-electron chi connectivity index (χ4n) is 5.00. The van der Waals surface area contributed by atoms with E-state index in [1.54, 1.807) is 17.8 Å². The molecule has 0 radical (unpaired) electrons. The minimum Gasteiger partial charge on any atom is -0.387 e. The second kappa shape index (κ2) is 11.3. The van der Waals surface area contributed by atoms with E-state index in [1.807, 2.05) is 0 Å². The fourth-order valence-corrected chi connectivity index (χ4v) is 5.00. The van der Waals surface area contributed by atoms with Crippen molar-refractivity contribution in [2.24, 2.45) is 0 Å². The second-order valence-electron chi connectivity index (χ2n) is 9.81. The number of anilines is 2. The normalized spacial score (nSPS) is 24.8. The minimum absolute atomic E-state index is 0.113. The molecule has 202 valence electrons. The molecule has 5 heterocycles. The van der Waals surface area contributed by atoms with Gasteiger partial charge in [-0.15, -0.1) is 0 Å². The summed E-state index contributed by atoms with van der Waals surface area (Å²) in [6.45, 7) is 9.79. The van der Waals surface area contributed by atoms with Gasteiger partial charge in [-0.2, -0.15) is 15.0 Å². The van der Waals surface area contributed by atoms with Crippen LogP contribution in [0.3, 0.4) is 0 Å². The first-order valence-electron chi connectivity index (χ1n) is 13.3. The highest BCUT2D eigenvalue weighted by atomic mass is 16.6. The van der Waals surface area contributed by atoms with Gasteiger partial charge in [-0.25, -0.2) is 4.98 Å². The second-order valence-corrected chi connectivity index (χ2v) is 9.81. The van der Waals surface area contributed by atoms with Crippen molar-refractivity contribution in [3.63, 3.8) is 0 Å². The van der Waals surface area contributed by atoms with Gasteiger partial charge in [-0.05, 0) is 45.7 Å². The molecule has 13 nitrogen and oxygen atoms in total. The molecule has 13 heteroatoms. The van der Waals surface area contributed by atoms with Crippen molar-refractivity contribution < 1.29 is 19.5 Å². The Hall–Kier alpha value is -2.87. The van der Waals surface area contributed by atoms with E-state index in [2.05, 4.69) is 44.5 Å². The van der Waals surface area contributed by atoms with Gasteiger partial charge in [0.15, 0.2) is 35.1 Å². The zero-order valence-corrected chi connectivity index (χ0v) is 21.7. The van der Waals surface area contributed by atoms with Crippen LogP contribution in [0.2, 0.25) is 0 Å². The summed E-state index contributed by atoms with van der Waals surface area (Å²) in [6.07, 6.45) is 2.77. The van der Waals surface area contributed by atoms with Crippen LogP contribution in [0.25, 0.3) is 11.2 Å². The first-order chi connectivity index (χ1) is 18.0. The molecule has 0 amide bonds. The van der Waals surface area contributed by atoms with E-state index in [1.165, 1.54) is 19.3 Å². The summed E-state index contributed by atoms with van der Waals surface area (Å²) in [5.74, 6) is 1.62. The Bertz CT molecular complexity index is 1170. The molecule has 0 saturated carbocycles. The largest absolute Gasteiger partial charge is 0.387 e. The van der Waals surface area contributed by atoms with Gasteiger partial charge >= 0.3 is 0 Å². The molecule has 2 fully saturated rings. The van der Waals surface area contributed by atoms with Crippen LogP contribution < -0.4 is 10.6 Å². The van der Waals surface area contributed by atoms with E-state index >= 15 is 0 Å². The van der Waals surface area contributed by atoms with Gasteiger partial charge in [0, 0.05) is 19.1 Å². The summed E-state index contributed by atoms with van der Waals surface area (Å²) >= 11 is 0. The number of aromatic nitrogens is 6. The number of hydrogen-bond donors (Lipinski definition) is 4. The molecule has 0 aliphatic carbocycles. The number of hydrogen-bond acceptors (Lipinski definition) is 12. The van der Waals surface area contributed by atoms with Crippen LogP contribution in [-0.4, -0.2) is 89.2 Å². The first-order valence-corrected chi connectivity index (χ1v) is 13.3. The number of imidazole rings is 1. The van der Waals surface area contributed by atoms with E-state index < -0.39 is 24.5 Å². The van der Waals surface area contributed by atoms with Crippen LogP contribution in [0, 0.1) is 6.92 Å². The monoisotopic (exact) mass is 515 g/mol. The lowest BCUT2D eigenvalue weighted by atomic mass is 10.1. The van der Waals surface area contributed by atoms with Crippen molar-refractivity contribution >= 4 is 22.9 Å². The van der Waals surface area contributed by atoms with E-state index in [9.17, 15) is 10.2 Å². The highest BCUT2D eigenvalue weighted by Gasteiger charge is 2.47. The van der Waals surface area contributed by atoms with Crippen molar-refractivity contribution in [2.75, 3.05) is 36.8 Å². The lowest BCUT2D eigenvalue weighted by Crippen LogP contribution is -2.34. The highest BCUT2D eigenvalue weighted by Crippen LogP contribution is 2.39. The van der Waals surface area contributed by atoms with Crippen molar-refractivity contribution in [3.05, 3.63) is 18.0 Å². The molecule has 0 bridgehead atoms. The summed E-state index contributed by atoms with van der Waals surface area (Å²) in [4.78, 5) is 20.6. The summed E-state index contributed by atoms with van der Waals surface area (Å²) < 4.78 is 12.8. The maximum Gasteiger partial charge on any atom is 0.258 e. The van der Waals surface area contributed by atoms with Crippen LogP contribution in [0.1, 0.15) is 70.0 Å². The Morgan fingerprint density at radius 2 is 1.86 bits per heavy atom. The number of likely N-dealkylation sites (tertiary alicyclic amines) is 1. The molecule has 37 heavy (non-hydrogen) atoms. The number of nitrogens with zero attached hydrogens (tertiary/aromatic N) is 7. The predicted molar refractivity (Wildman–Crippen MR) is 136 cm³/mol. The molecular weight excluding hydrogens is 478 g/mol. The van der Waals surface area contributed by atoms with Gasteiger partial charge in [0.2, 0.25) is 5.95 Å². The standard InChI is InChI=1S/C24H37N9O4/c1-4-15(5-2)28-20-16-21(30-24(29-20)25-9-12-32-10-7-6-8-11-32)33(13-26-16)23-18(35)17(34)19(36-23)22-27-14(3)31-37-22/h13,15,17-19,23,34-35H,4-12H2,1-3H3,(H2,25,28,29,30)/t17-,18+,19-,23+/m0/s1. The molecule has 2 saturated heterocycles. The van der Waals surface area contributed by atoms with Crippen molar-refractivity contribution in [1.29, 1.82) is 0 Å². The Morgan fingerprint density at radius 3 is 2.57 bits per heavy atom. The fraction of sp³-hybridized carbons (Fsp3) is 0.708. The Kier molecular flexibility index (Phi) is 7.84. The Balaban J connectivity index is 1.43. The summed E-state index contributed by atoms with van der Waals surface area (Å²) in [7, 11) is 0. The summed E-state index contributed by atoms with van der Waals surface area (Å²) in [6, 6.07) is 0.227. The third-order valence-electron chi connectivity index (χ3n) is 7.21. The third-order valence-corrected chi connectivity index (χ3v) is 7.21. The lowest BCUT2D eigenvalue weighted by Gasteiger charge is -2.26. The van der Waals surface area contributed by atoms with E-state index in [-0.39, 0.29) is 11.9 Å². The summed E-state index contributed by atoms with van der Waals surface area (Å²) in [5, 5.41) is 32.2. The Labute approximate surface area is 215 Å². The van der Waals surface area contributed by atoms with Gasteiger partial charge in [0.1, 0.15) is 12.2 Å². The van der Waals surface area contributed by atoms with E-state index in [0.717, 1.165) is 32.5 Å². The molecular formula is C24H37N9O4. The van der Waals surface area contributed by atoms with E-state index in [0.29, 0.717) is 35.3 Å². The number of aliphatic hydroxyl groups excluding tert-OH is 2. The molecule has 5 rings (SSSR count). The minimum atomic E-state index is -1.26. The number of piperidine rings is 1. The topological polar surface area (TPSA) is 160 Å². The molecule has 3 aromatic heterocycles. The number of aryl methyl sites for hydroxylation is 1. The molecule has 2 aliphatic rings. The number of fused-ring (bicyclic) bond motifs is 1. The van der Waals surface area contributed by atoms with Gasteiger partial charge in [-0.1, -0.05) is 25.4 Å². The molecule has 2 aliphatic heterocycles. The van der Waals surface area contributed by atoms with Gasteiger partial charge in [-0.3, -0.25) is 4.57 Å². The molecule has 3 aromatic rings. The predicted octanol–water partition coefficient (Wildman–Crippen LogP) is 2.01. The Morgan fingerprint density at radius 1 is 1.08 bits per heavy atom. The van der Waals surface area contributed by atoms with Crippen molar-refractivity contribution in [1.82, 2.24) is 34.6 Å². The molecule has 0 unspecified atom stereocenters. The molecule has 0 spiro atoms. The average Bonchev–Trinajstić information content (AvgIpc) is 3.61. The molecule has 4 N–H and O–H groups in total. The highest BCUT2D eigenvalue weighted by molar-refractivity contribution is 5.84. The van der Waals surface area contributed by atoms with Crippen molar-refractivity contribution in [3.8, 4) is 0 Å². The number of rotatable bonds is 10. The van der Waals surface area contributed by atoms with Crippen LogP contribution in [-0.2, 0) is 4.74 Å². The molecule has 0 aromatic carbocycles. The number of ether oxygens (including phenoxy) is 1. The average molecular weight is 516 g/mol. The maximum atomic E-state index is 10.9. The zero-order chi connectivity index (χ0) is 25.9. The number of aliphatic hydroxyl groups is 2. The van der Waals surface area contributed by atoms with E-state index in [4.69, 9.17) is 19.2 Å². The number of nitrogens with one attached hydrogen (secondary N) is 2. The van der Waals surface area contributed by atoms with Crippen LogP contribution >= 0.6 is 0 Å². The van der Waals surface area contributed by atoms with Crippen LogP contribution in [0.5, 0.6) is 0 Å². The van der Waals surface area contributed by atoms with Crippen LogP contribution in [0.4, 0.5) is 11.8 Å². The zero-order valence-electron chi connectivity index (χ0n) is 21.7. The SMILES string of the molecule is CCC(CC)Nc1nc(NCCN2CCCCC2)nc2c1ncn2[C@@H]1O[C@H](c2nc(C)no2)[C@@H](O)[C@H]1O.